The summed E-state index contributed by atoms with van der Waals surface area (Å²) in [6, 6.07) is 0. The number of hydrogen-bond acceptors (Lipinski definition) is 2. The van der Waals surface area contributed by atoms with E-state index in [1.54, 1.807) is 0 Å². The lowest BCUT2D eigenvalue weighted by Crippen LogP contribution is -2.38. The van der Waals surface area contributed by atoms with Crippen LogP contribution in [0.3, 0.4) is 0 Å². The van der Waals surface area contributed by atoms with Crippen molar-refractivity contribution in [2.24, 2.45) is 0 Å². The first-order chi connectivity index (χ1) is 4.52. The molecule has 0 aliphatic carbocycles. The van der Waals surface area contributed by atoms with Crippen molar-refractivity contribution >= 4 is 0 Å². The van der Waals surface area contributed by atoms with Crippen LogP contribution in [0.4, 0.5) is 0 Å². The Kier molecular flexibility index (Phi) is 3.91. The predicted molar refractivity (Wildman–Crippen MR) is 44.1 cm³/mol. The lowest BCUT2D eigenvalue weighted by molar-refractivity contribution is 0.0250. The second kappa shape index (κ2) is 3.94. The van der Waals surface area contributed by atoms with Gasteiger partial charge in [-0.2, -0.15) is 0 Å². The highest BCUT2D eigenvalue weighted by Gasteiger charge is 2.18. The number of aliphatic hydroxyl groups is 1. The minimum absolute atomic E-state index is 0.509. The molecule has 0 aromatic carbocycles. The average Bonchev–Trinajstić information content (AvgIpc) is 1.87. The van der Waals surface area contributed by atoms with Crippen LogP contribution in [0, 0.1) is 0 Å². The highest BCUT2D eigenvalue weighted by atomic mass is 16.3. The van der Waals surface area contributed by atoms with E-state index in [1.165, 1.54) is 0 Å². The fourth-order valence-corrected chi connectivity index (χ4v) is 0.805. The van der Waals surface area contributed by atoms with Gasteiger partial charge >= 0.3 is 0 Å². The average molecular weight is 145 g/mol. The SMILES string of the molecule is CCN(C)CC(C)(O)CC. The van der Waals surface area contributed by atoms with Gasteiger partial charge in [0.2, 0.25) is 0 Å². The normalized spacial score (nSPS) is 17.4. The molecule has 1 N–H and O–H groups in total. The fourth-order valence-electron chi connectivity index (χ4n) is 0.805. The summed E-state index contributed by atoms with van der Waals surface area (Å²) in [5.41, 5.74) is -0.509. The zero-order chi connectivity index (χ0) is 8.20. The van der Waals surface area contributed by atoms with Crippen LogP contribution in [-0.4, -0.2) is 35.7 Å². The maximum atomic E-state index is 9.58. The van der Waals surface area contributed by atoms with E-state index in [1.807, 2.05) is 20.9 Å². The molecule has 0 aliphatic rings. The first-order valence-electron chi connectivity index (χ1n) is 3.92. The van der Waals surface area contributed by atoms with Crippen LogP contribution >= 0.6 is 0 Å². The zero-order valence-corrected chi connectivity index (χ0v) is 7.52. The molecule has 0 aromatic rings. The molecule has 2 nitrogen and oxygen atoms in total. The Hall–Kier alpha value is -0.0800. The summed E-state index contributed by atoms with van der Waals surface area (Å²) >= 11 is 0. The summed E-state index contributed by atoms with van der Waals surface area (Å²) in [7, 11) is 2.02. The van der Waals surface area contributed by atoms with Crippen molar-refractivity contribution in [3.8, 4) is 0 Å². The molecular formula is C8H19NO. The summed E-state index contributed by atoms with van der Waals surface area (Å²) in [6.07, 6.45) is 0.817. The van der Waals surface area contributed by atoms with Crippen molar-refractivity contribution in [3.63, 3.8) is 0 Å². The first-order valence-corrected chi connectivity index (χ1v) is 3.92. The first kappa shape index (κ1) is 9.92. The molecule has 0 saturated carbocycles. The summed E-state index contributed by atoms with van der Waals surface area (Å²) in [5.74, 6) is 0. The summed E-state index contributed by atoms with van der Waals surface area (Å²) in [4.78, 5) is 2.11. The van der Waals surface area contributed by atoms with Gasteiger partial charge in [-0.1, -0.05) is 13.8 Å². The van der Waals surface area contributed by atoms with Gasteiger partial charge in [0, 0.05) is 6.54 Å². The van der Waals surface area contributed by atoms with Gasteiger partial charge in [0.05, 0.1) is 5.60 Å². The largest absolute Gasteiger partial charge is 0.389 e. The summed E-state index contributed by atoms with van der Waals surface area (Å²) in [5, 5.41) is 9.58. The van der Waals surface area contributed by atoms with Crippen LogP contribution in [0.25, 0.3) is 0 Å². The second-order valence-electron chi connectivity index (χ2n) is 3.18. The third-order valence-corrected chi connectivity index (χ3v) is 1.91. The molecule has 0 heterocycles. The van der Waals surface area contributed by atoms with Crippen LogP contribution in [0.5, 0.6) is 0 Å². The summed E-state index contributed by atoms with van der Waals surface area (Å²) < 4.78 is 0. The van der Waals surface area contributed by atoms with Crippen molar-refractivity contribution in [3.05, 3.63) is 0 Å². The Labute approximate surface area is 63.8 Å². The Balaban J connectivity index is 3.64. The molecule has 62 valence electrons. The van der Waals surface area contributed by atoms with Crippen molar-refractivity contribution < 1.29 is 5.11 Å². The molecule has 0 fully saturated rings. The van der Waals surface area contributed by atoms with E-state index in [-0.39, 0.29) is 0 Å². The maximum absolute atomic E-state index is 9.58. The van der Waals surface area contributed by atoms with E-state index < -0.39 is 5.60 Å². The topological polar surface area (TPSA) is 23.5 Å². The van der Waals surface area contributed by atoms with Crippen LogP contribution in [-0.2, 0) is 0 Å². The van der Waals surface area contributed by atoms with Crippen molar-refractivity contribution in [2.45, 2.75) is 32.8 Å². The monoisotopic (exact) mass is 145 g/mol. The standard InChI is InChI=1S/C8H19NO/c1-5-8(3,10)7-9(4)6-2/h10H,5-7H2,1-4H3. The number of hydrogen-bond donors (Lipinski definition) is 1. The molecule has 0 aliphatic heterocycles. The predicted octanol–water partition coefficient (Wildman–Crippen LogP) is 1.10. The Bertz CT molecular complexity index is 91.3. The van der Waals surface area contributed by atoms with Crippen LogP contribution in [0.2, 0.25) is 0 Å². The molecule has 0 amide bonds. The van der Waals surface area contributed by atoms with Crippen LogP contribution < -0.4 is 0 Å². The molecule has 0 spiro atoms. The van der Waals surface area contributed by atoms with Gasteiger partial charge in [-0.05, 0) is 26.9 Å². The van der Waals surface area contributed by atoms with Gasteiger partial charge in [-0.25, -0.2) is 0 Å². The minimum atomic E-state index is -0.509. The molecule has 0 rings (SSSR count). The van der Waals surface area contributed by atoms with Gasteiger partial charge in [-0.3, -0.25) is 0 Å². The van der Waals surface area contributed by atoms with E-state index >= 15 is 0 Å². The van der Waals surface area contributed by atoms with Gasteiger partial charge in [-0.15, -0.1) is 0 Å². The van der Waals surface area contributed by atoms with Gasteiger partial charge in [0.1, 0.15) is 0 Å². The van der Waals surface area contributed by atoms with Crippen LogP contribution in [0.15, 0.2) is 0 Å². The minimum Gasteiger partial charge on any atom is -0.389 e. The molecule has 0 aromatic heterocycles. The summed E-state index contributed by atoms with van der Waals surface area (Å²) in [6.45, 7) is 7.73. The molecule has 1 atom stereocenters. The lowest BCUT2D eigenvalue weighted by atomic mass is 10.0. The van der Waals surface area contributed by atoms with Crippen molar-refractivity contribution in [2.75, 3.05) is 20.1 Å². The van der Waals surface area contributed by atoms with Crippen LogP contribution in [0.1, 0.15) is 27.2 Å². The van der Waals surface area contributed by atoms with Gasteiger partial charge in [0.25, 0.3) is 0 Å². The number of likely N-dealkylation sites (N-methyl/N-ethyl adjacent to an activating group) is 1. The fraction of sp³-hybridized carbons (Fsp3) is 1.00. The highest BCUT2D eigenvalue weighted by Crippen LogP contribution is 2.08. The Morgan fingerprint density at radius 2 is 1.90 bits per heavy atom. The molecular weight excluding hydrogens is 126 g/mol. The molecule has 0 saturated heterocycles. The highest BCUT2D eigenvalue weighted by molar-refractivity contribution is 4.73. The molecule has 0 radical (unpaired) electrons. The van der Waals surface area contributed by atoms with Crippen molar-refractivity contribution in [1.82, 2.24) is 4.90 Å². The van der Waals surface area contributed by atoms with Crippen molar-refractivity contribution in [1.29, 1.82) is 0 Å². The third-order valence-electron chi connectivity index (χ3n) is 1.91. The zero-order valence-electron chi connectivity index (χ0n) is 7.52. The Morgan fingerprint density at radius 1 is 1.40 bits per heavy atom. The molecule has 1 unspecified atom stereocenters. The second-order valence-corrected chi connectivity index (χ2v) is 3.18. The third kappa shape index (κ3) is 3.85. The number of nitrogens with zero attached hydrogens (tertiary/aromatic N) is 1. The lowest BCUT2D eigenvalue weighted by Gasteiger charge is -2.26. The maximum Gasteiger partial charge on any atom is 0.0743 e. The Morgan fingerprint density at radius 3 is 2.20 bits per heavy atom. The number of rotatable bonds is 4. The van der Waals surface area contributed by atoms with E-state index in [9.17, 15) is 5.11 Å². The smallest absolute Gasteiger partial charge is 0.0743 e. The quantitative estimate of drug-likeness (QED) is 0.640. The van der Waals surface area contributed by atoms with E-state index in [0.29, 0.717) is 0 Å². The van der Waals surface area contributed by atoms with E-state index in [2.05, 4.69) is 11.8 Å². The molecule has 0 bridgehead atoms. The molecule has 10 heavy (non-hydrogen) atoms. The van der Waals surface area contributed by atoms with E-state index in [4.69, 9.17) is 0 Å². The molecule has 2 heteroatoms. The van der Waals surface area contributed by atoms with Gasteiger partial charge < -0.3 is 10.0 Å². The van der Waals surface area contributed by atoms with E-state index in [0.717, 1.165) is 19.5 Å². The van der Waals surface area contributed by atoms with Gasteiger partial charge in [0.15, 0.2) is 0 Å².